The Morgan fingerprint density at radius 3 is 2.50 bits per heavy atom. The van der Waals surface area contributed by atoms with Gasteiger partial charge in [-0.1, -0.05) is 13.3 Å². The van der Waals surface area contributed by atoms with E-state index in [4.69, 9.17) is 5.11 Å². The van der Waals surface area contributed by atoms with Crippen LogP contribution in [0.15, 0.2) is 18.2 Å². The third kappa shape index (κ3) is 3.94. The van der Waals surface area contributed by atoms with Gasteiger partial charge in [-0.05, 0) is 24.6 Å². The molecular weight excluding hydrogens is 263 g/mol. The Morgan fingerprint density at radius 1 is 1.40 bits per heavy atom. The lowest BCUT2D eigenvalue weighted by Crippen LogP contribution is -2.41. The van der Waals surface area contributed by atoms with E-state index < -0.39 is 23.7 Å². The highest BCUT2D eigenvalue weighted by Crippen LogP contribution is 2.17. The maximum absolute atomic E-state index is 13.9. The quantitative estimate of drug-likeness (QED) is 0.835. The first-order valence-corrected chi connectivity index (χ1v) is 6.37. The molecule has 0 saturated carbocycles. The summed E-state index contributed by atoms with van der Waals surface area (Å²) in [6.07, 6.45) is 0.914. The van der Waals surface area contributed by atoms with E-state index >= 15 is 0 Å². The highest BCUT2D eigenvalue weighted by Gasteiger charge is 2.21. The Bertz CT molecular complexity index is 503. The lowest BCUT2D eigenvalue weighted by atomic mass is 10.1. The number of halogens is 1. The maximum Gasteiger partial charge on any atom is 0.326 e. The lowest BCUT2D eigenvalue weighted by Gasteiger charge is -2.16. The van der Waals surface area contributed by atoms with Crippen LogP contribution in [0.4, 0.5) is 10.1 Å². The molecule has 0 fully saturated rings. The van der Waals surface area contributed by atoms with Crippen LogP contribution in [0, 0.1) is 5.82 Å². The van der Waals surface area contributed by atoms with Crippen LogP contribution in [0.1, 0.15) is 30.1 Å². The molecule has 0 aliphatic heterocycles. The normalized spacial score (nSPS) is 11.8. The number of carbonyl (C=O) groups is 2. The van der Waals surface area contributed by atoms with E-state index in [1.807, 2.05) is 6.92 Å². The first-order valence-electron chi connectivity index (χ1n) is 6.37. The van der Waals surface area contributed by atoms with E-state index in [1.54, 1.807) is 25.1 Å². The summed E-state index contributed by atoms with van der Waals surface area (Å²) in [4.78, 5) is 24.6. The van der Waals surface area contributed by atoms with Crippen LogP contribution in [0.3, 0.4) is 0 Å². The Kier molecular flexibility index (Phi) is 5.49. The van der Waals surface area contributed by atoms with Crippen LogP contribution in [0.25, 0.3) is 0 Å². The van der Waals surface area contributed by atoms with Crippen molar-refractivity contribution in [3.63, 3.8) is 0 Å². The van der Waals surface area contributed by atoms with E-state index in [1.165, 1.54) is 12.1 Å². The van der Waals surface area contributed by atoms with Crippen molar-refractivity contribution in [2.24, 2.45) is 0 Å². The first kappa shape index (κ1) is 15.9. The van der Waals surface area contributed by atoms with Gasteiger partial charge in [0.1, 0.15) is 11.9 Å². The van der Waals surface area contributed by atoms with Crippen molar-refractivity contribution >= 4 is 17.6 Å². The molecule has 0 spiro atoms. The van der Waals surface area contributed by atoms with Crippen molar-refractivity contribution in [1.82, 2.24) is 5.32 Å². The fourth-order valence-corrected chi connectivity index (χ4v) is 1.75. The number of nitrogens with zero attached hydrogens (tertiary/aromatic N) is 1. The second kappa shape index (κ2) is 6.88. The molecule has 20 heavy (non-hydrogen) atoms. The van der Waals surface area contributed by atoms with Crippen molar-refractivity contribution in [3.8, 4) is 0 Å². The van der Waals surface area contributed by atoms with Crippen LogP contribution in [0.5, 0.6) is 0 Å². The number of hydrogen-bond acceptors (Lipinski definition) is 3. The largest absolute Gasteiger partial charge is 0.480 e. The van der Waals surface area contributed by atoms with Crippen molar-refractivity contribution in [3.05, 3.63) is 29.6 Å². The van der Waals surface area contributed by atoms with Crippen molar-refractivity contribution < 1.29 is 19.1 Å². The molecular formula is C14H19FN2O3. The molecule has 0 bridgehead atoms. The molecule has 1 aromatic carbocycles. The summed E-state index contributed by atoms with van der Waals surface area (Å²) in [6.45, 7) is 1.81. The number of rotatable bonds is 6. The zero-order chi connectivity index (χ0) is 15.3. The Balaban J connectivity index is 2.89. The summed E-state index contributed by atoms with van der Waals surface area (Å²) >= 11 is 0. The number of aliphatic carboxylic acids is 1. The Morgan fingerprint density at radius 2 is 2.05 bits per heavy atom. The molecule has 0 saturated heterocycles. The lowest BCUT2D eigenvalue weighted by molar-refractivity contribution is -0.139. The van der Waals surface area contributed by atoms with Gasteiger partial charge in [-0.25, -0.2) is 9.18 Å². The minimum Gasteiger partial charge on any atom is -0.480 e. The predicted octanol–water partition coefficient (Wildman–Crippen LogP) is 1.87. The van der Waals surface area contributed by atoms with Crippen LogP contribution >= 0.6 is 0 Å². The van der Waals surface area contributed by atoms with E-state index in [-0.39, 0.29) is 5.56 Å². The van der Waals surface area contributed by atoms with Gasteiger partial charge in [-0.15, -0.1) is 0 Å². The molecule has 1 amide bonds. The number of carbonyl (C=O) groups excluding carboxylic acids is 1. The third-order valence-corrected chi connectivity index (χ3v) is 2.89. The van der Waals surface area contributed by atoms with Gasteiger partial charge in [-0.2, -0.15) is 0 Å². The van der Waals surface area contributed by atoms with Crippen molar-refractivity contribution in [2.75, 3.05) is 19.0 Å². The van der Waals surface area contributed by atoms with Gasteiger partial charge in [0, 0.05) is 19.8 Å². The number of carboxylic acids is 1. The maximum atomic E-state index is 13.9. The van der Waals surface area contributed by atoms with Crippen molar-refractivity contribution in [2.45, 2.75) is 25.8 Å². The van der Waals surface area contributed by atoms with E-state index in [0.29, 0.717) is 18.5 Å². The molecule has 1 atom stereocenters. The topological polar surface area (TPSA) is 69.6 Å². The molecule has 0 heterocycles. The SMILES string of the molecule is CCCC(NC(=O)c1ccc(N(C)C)cc1F)C(=O)O. The number of nitrogens with one attached hydrogen (secondary N) is 1. The summed E-state index contributed by atoms with van der Waals surface area (Å²) in [5.74, 6) is -2.51. The molecule has 5 nitrogen and oxygen atoms in total. The molecule has 1 rings (SSSR count). The van der Waals surface area contributed by atoms with Crippen LogP contribution in [-0.4, -0.2) is 37.1 Å². The monoisotopic (exact) mass is 282 g/mol. The molecule has 1 unspecified atom stereocenters. The molecule has 6 heteroatoms. The summed E-state index contributed by atoms with van der Waals surface area (Å²) in [6, 6.07) is 3.20. The van der Waals surface area contributed by atoms with Crippen LogP contribution in [0.2, 0.25) is 0 Å². The molecule has 0 aliphatic rings. The summed E-state index contributed by atoms with van der Waals surface area (Å²) < 4.78 is 13.9. The van der Waals surface area contributed by atoms with Gasteiger partial charge < -0.3 is 15.3 Å². The number of benzene rings is 1. The first-order chi connectivity index (χ1) is 9.36. The fraction of sp³-hybridized carbons (Fsp3) is 0.429. The van der Waals surface area contributed by atoms with Gasteiger partial charge >= 0.3 is 5.97 Å². The van der Waals surface area contributed by atoms with E-state index in [2.05, 4.69) is 5.32 Å². The Labute approximate surface area is 117 Å². The zero-order valence-corrected chi connectivity index (χ0v) is 11.8. The van der Waals surface area contributed by atoms with Gasteiger partial charge in [-0.3, -0.25) is 4.79 Å². The molecule has 110 valence electrons. The summed E-state index contributed by atoms with van der Waals surface area (Å²) in [5.41, 5.74) is 0.473. The fourth-order valence-electron chi connectivity index (χ4n) is 1.75. The highest BCUT2D eigenvalue weighted by atomic mass is 19.1. The van der Waals surface area contributed by atoms with Gasteiger partial charge in [0.15, 0.2) is 0 Å². The molecule has 1 aromatic rings. The minimum absolute atomic E-state index is 0.155. The van der Waals surface area contributed by atoms with Crippen LogP contribution < -0.4 is 10.2 Å². The molecule has 0 radical (unpaired) electrons. The van der Waals surface area contributed by atoms with Crippen molar-refractivity contribution in [1.29, 1.82) is 0 Å². The van der Waals surface area contributed by atoms with E-state index in [9.17, 15) is 14.0 Å². The average Bonchev–Trinajstić information content (AvgIpc) is 2.37. The average molecular weight is 282 g/mol. The van der Waals surface area contributed by atoms with Gasteiger partial charge in [0.25, 0.3) is 5.91 Å². The molecule has 0 aromatic heterocycles. The third-order valence-electron chi connectivity index (χ3n) is 2.89. The smallest absolute Gasteiger partial charge is 0.326 e. The zero-order valence-electron chi connectivity index (χ0n) is 11.8. The number of anilines is 1. The minimum atomic E-state index is -1.12. The van der Waals surface area contributed by atoms with Gasteiger partial charge in [0.05, 0.1) is 5.56 Å². The predicted molar refractivity (Wildman–Crippen MR) is 74.5 cm³/mol. The van der Waals surface area contributed by atoms with Crippen LogP contribution in [-0.2, 0) is 4.79 Å². The number of hydrogen-bond donors (Lipinski definition) is 2. The molecule has 2 N–H and O–H groups in total. The highest BCUT2D eigenvalue weighted by molar-refractivity contribution is 5.97. The van der Waals surface area contributed by atoms with E-state index in [0.717, 1.165) is 0 Å². The Hall–Kier alpha value is -2.11. The second-order valence-corrected chi connectivity index (χ2v) is 4.71. The number of amides is 1. The summed E-state index contributed by atoms with van der Waals surface area (Å²) in [5, 5.41) is 11.3. The number of carboxylic acid groups (broad SMARTS) is 1. The summed E-state index contributed by atoms with van der Waals surface area (Å²) in [7, 11) is 3.52. The standard InChI is InChI=1S/C14H19FN2O3/c1-4-5-12(14(19)20)16-13(18)10-7-6-9(17(2)3)8-11(10)15/h6-8,12H,4-5H2,1-3H3,(H,16,18)(H,19,20). The molecule has 0 aliphatic carbocycles. The van der Waals surface area contributed by atoms with Gasteiger partial charge in [0.2, 0.25) is 0 Å². The second-order valence-electron chi connectivity index (χ2n) is 4.71.